The Balaban J connectivity index is 2.46. The minimum absolute atomic E-state index is 0.241. The van der Waals surface area contributed by atoms with E-state index in [-0.39, 0.29) is 12.3 Å². The van der Waals surface area contributed by atoms with Gasteiger partial charge in [-0.3, -0.25) is 4.79 Å². The fourth-order valence-corrected chi connectivity index (χ4v) is 3.74. The van der Waals surface area contributed by atoms with Crippen LogP contribution in [0.25, 0.3) is 0 Å². The van der Waals surface area contributed by atoms with Crippen LogP contribution >= 0.6 is 0 Å². The summed E-state index contributed by atoms with van der Waals surface area (Å²) in [5, 5.41) is 11.3. The molecule has 0 aromatic rings. The molecule has 2 atom stereocenters. The molecule has 0 amide bonds. The van der Waals surface area contributed by atoms with Crippen LogP contribution in [0.15, 0.2) is 0 Å². The second kappa shape index (κ2) is 5.63. The van der Waals surface area contributed by atoms with E-state index < -0.39 is 27.1 Å². The van der Waals surface area contributed by atoms with E-state index in [1.165, 1.54) is 0 Å². The lowest BCUT2D eigenvalue weighted by Crippen LogP contribution is -2.42. The first kappa shape index (κ1) is 13.4. The minimum atomic E-state index is -2.98. The van der Waals surface area contributed by atoms with E-state index in [1.54, 1.807) is 0 Å². The van der Waals surface area contributed by atoms with Crippen molar-refractivity contribution in [3.8, 4) is 0 Å². The van der Waals surface area contributed by atoms with Crippen molar-refractivity contribution in [1.29, 1.82) is 0 Å². The number of sulfone groups is 1. The Morgan fingerprint density at radius 2 is 2.25 bits per heavy atom. The van der Waals surface area contributed by atoms with Crippen LogP contribution in [0.3, 0.4) is 0 Å². The molecule has 2 N–H and O–H groups in total. The Bertz CT molecular complexity index is 339. The van der Waals surface area contributed by atoms with Gasteiger partial charge in [-0.15, -0.1) is 0 Å². The molecular weight excluding hydrogens is 230 g/mol. The number of carbonyl (C=O) groups is 1. The molecule has 0 aromatic carbocycles. The first-order valence-corrected chi connectivity index (χ1v) is 7.36. The summed E-state index contributed by atoms with van der Waals surface area (Å²) < 4.78 is 23.0. The van der Waals surface area contributed by atoms with Gasteiger partial charge in [0.25, 0.3) is 0 Å². The Kier molecular flexibility index (Phi) is 4.73. The van der Waals surface area contributed by atoms with Gasteiger partial charge >= 0.3 is 5.97 Å². The second-order valence-electron chi connectivity index (χ2n) is 4.22. The molecule has 1 saturated heterocycles. The van der Waals surface area contributed by atoms with Crippen LogP contribution < -0.4 is 5.32 Å². The van der Waals surface area contributed by atoms with Crippen molar-refractivity contribution in [3.63, 3.8) is 0 Å². The van der Waals surface area contributed by atoms with Crippen LogP contribution in [-0.2, 0) is 14.6 Å². The molecule has 0 spiro atoms. The van der Waals surface area contributed by atoms with Crippen LogP contribution in [0.4, 0.5) is 0 Å². The molecule has 2 unspecified atom stereocenters. The molecule has 0 radical (unpaired) electrons. The van der Waals surface area contributed by atoms with Gasteiger partial charge in [0.15, 0.2) is 9.84 Å². The zero-order chi connectivity index (χ0) is 12.2. The van der Waals surface area contributed by atoms with Gasteiger partial charge in [-0.1, -0.05) is 13.3 Å². The summed E-state index contributed by atoms with van der Waals surface area (Å²) in [6.45, 7) is 2.17. The first-order valence-electron chi connectivity index (χ1n) is 5.65. The van der Waals surface area contributed by atoms with Gasteiger partial charge in [-0.05, 0) is 19.3 Å². The van der Waals surface area contributed by atoms with Crippen LogP contribution in [0.5, 0.6) is 0 Å². The lowest BCUT2D eigenvalue weighted by atomic mass is 10.1. The molecule has 94 valence electrons. The minimum Gasteiger partial charge on any atom is -0.480 e. The predicted octanol–water partition coefficient (Wildman–Crippen LogP) is 0.407. The Morgan fingerprint density at radius 3 is 2.69 bits per heavy atom. The topological polar surface area (TPSA) is 83.5 Å². The monoisotopic (exact) mass is 249 g/mol. The van der Waals surface area contributed by atoms with Crippen molar-refractivity contribution in [2.24, 2.45) is 0 Å². The van der Waals surface area contributed by atoms with E-state index in [1.807, 2.05) is 6.92 Å². The summed E-state index contributed by atoms with van der Waals surface area (Å²) in [5.74, 6) is -0.664. The summed E-state index contributed by atoms with van der Waals surface area (Å²) in [5.41, 5.74) is 0. The van der Waals surface area contributed by atoms with Crippen molar-refractivity contribution < 1.29 is 18.3 Å². The largest absolute Gasteiger partial charge is 0.480 e. The van der Waals surface area contributed by atoms with E-state index >= 15 is 0 Å². The number of carboxylic acid groups (broad SMARTS) is 1. The number of carboxylic acids is 1. The standard InChI is InChI=1S/C10H19NO4S/c1-2-4-9(10(12)13)11-7-8-5-3-6-16(8,14)15/h8-9,11H,2-7H2,1H3,(H,12,13). The third-order valence-corrected chi connectivity index (χ3v) is 5.21. The maximum absolute atomic E-state index is 11.5. The summed E-state index contributed by atoms with van der Waals surface area (Å²) >= 11 is 0. The zero-order valence-electron chi connectivity index (χ0n) is 9.48. The third-order valence-electron chi connectivity index (χ3n) is 2.93. The number of hydrogen-bond donors (Lipinski definition) is 2. The fourth-order valence-electron chi connectivity index (χ4n) is 1.96. The molecule has 1 aliphatic rings. The highest BCUT2D eigenvalue weighted by Gasteiger charge is 2.31. The van der Waals surface area contributed by atoms with Crippen LogP contribution in [0.2, 0.25) is 0 Å². The molecule has 16 heavy (non-hydrogen) atoms. The average Bonchev–Trinajstić information content (AvgIpc) is 2.52. The molecule has 1 fully saturated rings. The second-order valence-corrected chi connectivity index (χ2v) is 6.62. The van der Waals surface area contributed by atoms with Crippen molar-refractivity contribution in [3.05, 3.63) is 0 Å². The summed E-state index contributed by atoms with van der Waals surface area (Å²) in [6, 6.07) is -0.624. The SMILES string of the molecule is CCCC(NCC1CCCS1(=O)=O)C(=O)O. The highest BCUT2D eigenvalue weighted by Crippen LogP contribution is 2.19. The van der Waals surface area contributed by atoms with Gasteiger partial charge < -0.3 is 10.4 Å². The van der Waals surface area contributed by atoms with Gasteiger partial charge in [0.2, 0.25) is 0 Å². The molecular formula is C10H19NO4S. The van der Waals surface area contributed by atoms with Crippen molar-refractivity contribution >= 4 is 15.8 Å². The van der Waals surface area contributed by atoms with E-state index in [9.17, 15) is 13.2 Å². The lowest BCUT2D eigenvalue weighted by molar-refractivity contribution is -0.139. The van der Waals surface area contributed by atoms with Crippen LogP contribution in [0.1, 0.15) is 32.6 Å². The third kappa shape index (κ3) is 3.45. The average molecular weight is 249 g/mol. The van der Waals surface area contributed by atoms with Crippen molar-refractivity contribution in [2.45, 2.75) is 43.9 Å². The van der Waals surface area contributed by atoms with Gasteiger partial charge in [-0.2, -0.15) is 0 Å². The van der Waals surface area contributed by atoms with Gasteiger partial charge in [0.05, 0.1) is 11.0 Å². The van der Waals surface area contributed by atoms with E-state index in [4.69, 9.17) is 5.11 Å². The molecule has 1 aliphatic heterocycles. The number of nitrogens with one attached hydrogen (secondary N) is 1. The van der Waals surface area contributed by atoms with Crippen molar-refractivity contribution in [1.82, 2.24) is 5.32 Å². The first-order chi connectivity index (χ1) is 7.47. The van der Waals surface area contributed by atoms with Crippen LogP contribution in [-0.4, -0.2) is 43.1 Å². The summed E-state index contributed by atoms with van der Waals surface area (Å²) in [4.78, 5) is 10.8. The Hall–Kier alpha value is -0.620. The highest BCUT2D eigenvalue weighted by atomic mass is 32.2. The summed E-state index contributed by atoms with van der Waals surface area (Å²) in [6.07, 6.45) is 2.64. The maximum atomic E-state index is 11.5. The fraction of sp³-hybridized carbons (Fsp3) is 0.900. The number of hydrogen-bond acceptors (Lipinski definition) is 4. The number of aliphatic carboxylic acids is 1. The number of rotatable bonds is 6. The smallest absolute Gasteiger partial charge is 0.320 e. The lowest BCUT2D eigenvalue weighted by Gasteiger charge is -2.16. The molecule has 0 bridgehead atoms. The van der Waals surface area contributed by atoms with E-state index in [2.05, 4.69) is 5.32 Å². The van der Waals surface area contributed by atoms with Gasteiger partial charge in [0.1, 0.15) is 6.04 Å². The zero-order valence-corrected chi connectivity index (χ0v) is 10.3. The molecule has 0 aliphatic carbocycles. The maximum Gasteiger partial charge on any atom is 0.320 e. The van der Waals surface area contributed by atoms with Crippen molar-refractivity contribution in [2.75, 3.05) is 12.3 Å². The molecule has 1 heterocycles. The van der Waals surface area contributed by atoms with E-state index in [0.717, 1.165) is 6.42 Å². The normalized spacial score (nSPS) is 25.4. The molecule has 6 heteroatoms. The van der Waals surface area contributed by atoms with E-state index in [0.29, 0.717) is 19.3 Å². The summed E-state index contributed by atoms with van der Waals surface area (Å²) in [7, 11) is -2.98. The molecule has 0 saturated carbocycles. The molecule has 1 rings (SSSR count). The molecule has 5 nitrogen and oxygen atoms in total. The van der Waals surface area contributed by atoms with Gasteiger partial charge in [-0.25, -0.2) is 8.42 Å². The molecule has 0 aromatic heterocycles. The van der Waals surface area contributed by atoms with Gasteiger partial charge in [0, 0.05) is 6.54 Å². The predicted molar refractivity (Wildman–Crippen MR) is 61.1 cm³/mol. The quantitative estimate of drug-likeness (QED) is 0.712. The Labute approximate surface area is 96.1 Å². The Morgan fingerprint density at radius 1 is 1.56 bits per heavy atom. The van der Waals surface area contributed by atoms with Crippen LogP contribution in [0, 0.1) is 0 Å². The highest BCUT2D eigenvalue weighted by molar-refractivity contribution is 7.92.